The summed E-state index contributed by atoms with van der Waals surface area (Å²) < 4.78 is 0. The molecule has 1 aromatic rings. The Labute approximate surface area is 82.7 Å². The van der Waals surface area contributed by atoms with Crippen molar-refractivity contribution in [3.63, 3.8) is 0 Å². The second-order valence-corrected chi connectivity index (χ2v) is 4.00. The Morgan fingerprint density at radius 1 is 1.46 bits per heavy atom. The largest absolute Gasteiger partial charge is 0.393 e. The minimum Gasteiger partial charge on any atom is -0.393 e. The molecule has 1 aliphatic rings. The van der Waals surface area contributed by atoms with Gasteiger partial charge in [0.15, 0.2) is 0 Å². The summed E-state index contributed by atoms with van der Waals surface area (Å²) in [6.45, 7) is 0. The highest BCUT2D eigenvalue weighted by Crippen LogP contribution is 2.22. The highest BCUT2D eigenvalue weighted by atomic mass is 32.1. The molecule has 3 N–H and O–H groups in total. The molecule has 0 spiro atoms. The van der Waals surface area contributed by atoms with E-state index in [9.17, 15) is 0 Å². The fourth-order valence-corrected chi connectivity index (χ4v) is 2.00. The molecule has 0 saturated carbocycles. The van der Waals surface area contributed by atoms with Crippen molar-refractivity contribution in [3.8, 4) is 0 Å². The van der Waals surface area contributed by atoms with Crippen molar-refractivity contribution in [1.29, 1.82) is 0 Å². The number of aryl methyl sites for hydroxylation is 1. The fourth-order valence-electron chi connectivity index (χ4n) is 1.86. The Balaban J connectivity index is 2.26. The lowest BCUT2D eigenvalue weighted by Gasteiger charge is -2.10. The van der Waals surface area contributed by atoms with E-state index in [4.69, 9.17) is 18.0 Å². The monoisotopic (exact) mass is 195 g/mol. The van der Waals surface area contributed by atoms with Gasteiger partial charge in [-0.2, -0.15) is 5.10 Å². The predicted octanol–water partition coefficient (Wildman–Crippen LogP) is 1.12. The lowest BCUT2D eigenvalue weighted by molar-refractivity contribution is 0.673. The van der Waals surface area contributed by atoms with Gasteiger partial charge in [0.05, 0.1) is 10.7 Å². The number of aromatic amines is 1. The third-order valence-corrected chi connectivity index (χ3v) is 2.63. The van der Waals surface area contributed by atoms with Crippen LogP contribution in [0.25, 0.3) is 0 Å². The second-order valence-electron chi connectivity index (χ2n) is 3.48. The molecule has 1 aliphatic carbocycles. The van der Waals surface area contributed by atoms with Crippen molar-refractivity contribution in [2.75, 3.05) is 0 Å². The van der Waals surface area contributed by atoms with Gasteiger partial charge in [-0.25, -0.2) is 0 Å². The van der Waals surface area contributed by atoms with Crippen molar-refractivity contribution >= 4 is 17.2 Å². The van der Waals surface area contributed by atoms with Crippen LogP contribution < -0.4 is 5.73 Å². The molecule has 0 aromatic carbocycles. The minimum absolute atomic E-state index is 0.528. The van der Waals surface area contributed by atoms with Crippen LogP contribution in [0, 0.1) is 0 Å². The van der Waals surface area contributed by atoms with E-state index in [1.807, 2.05) is 0 Å². The molecule has 1 heterocycles. The van der Waals surface area contributed by atoms with Crippen molar-refractivity contribution in [1.82, 2.24) is 10.2 Å². The molecule has 0 fully saturated rings. The Bertz CT molecular complexity index is 330. The molecule has 0 unspecified atom stereocenters. The van der Waals surface area contributed by atoms with Crippen LogP contribution in [0.2, 0.25) is 0 Å². The summed E-state index contributed by atoms with van der Waals surface area (Å²) in [6.07, 6.45) is 5.42. The predicted molar refractivity (Wildman–Crippen MR) is 55.7 cm³/mol. The molecule has 0 saturated heterocycles. The van der Waals surface area contributed by atoms with E-state index in [2.05, 4.69) is 10.2 Å². The van der Waals surface area contributed by atoms with Crippen LogP contribution in [-0.4, -0.2) is 15.2 Å². The van der Waals surface area contributed by atoms with E-state index < -0.39 is 0 Å². The Hall–Kier alpha value is -0.900. The summed E-state index contributed by atoms with van der Waals surface area (Å²) in [5, 5.41) is 7.31. The number of rotatable bonds is 2. The van der Waals surface area contributed by atoms with Crippen molar-refractivity contribution in [2.24, 2.45) is 5.73 Å². The SMILES string of the molecule is NC(=S)Cc1n[nH]c2c1CCCC2. The van der Waals surface area contributed by atoms with Crippen LogP contribution in [0.1, 0.15) is 29.8 Å². The molecular formula is C9H13N3S. The molecule has 1 aromatic heterocycles. The van der Waals surface area contributed by atoms with Crippen LogP contribution >= 0.6 is 12.2 Å². The van der Waals surface area contributed by atoms with E-state index in [0.717, 1.165) is 18.5 Å². The maximum absolute atomic E-state index is 5.49. The second kappa shape index (κ2) is 3.46. The van der Waals surface area contributed by atoms with Gasteiger partial charge in [-0.05, 0) is 31.2 Å². The highest BCUT2D eigenvalue weighted by Gasteiger charge is 2.16. The molecule has 0 amide bonds. The average Bonchev–Trinajstić information content (AvgIpc) is 2.48. The van der Waals surface area contributed by atoms with E-state index >= 15 is 0 Å². The summed E-state index contributed by atoms with van der Waals surface area (Å²) in [6, 6.07) is 0. The molecule has 70 valence electrons. The number of hydrogen-bond donors (Lipinski definition) is 2. The summed E-state index contributed by atoms with van der Waals surface area (Å²) in [7, 11) is 0. The molecular weight excluding hydrogens is 182 g/mol. The number of fused-ring (bicyclic) bond motifs is 1. The van der Waals surface area contributed by atoms with Crippen molar-refractivity contribution < 1.29 is 0 Å². The third kappa shape index (κ3) is 1.72. The first-order chi connectivity index (χ1) is 6.27. The number of aromatic nitrogens is 2. The topological polar surface area (TPSA) is 54.7 Å². The van der Waals surface area contributed by atoms with Crippen LogP contribution in [-0.2, 0) is 19.3 Å². The Morgan fingerprint density at radius 3 is 3.00 bits per heavy atom. The molecule has 0 radical (unpaired) electrons. The summed E-state index contributed by atoms with van der Waals surface area (Å²) in [5.74, 6) is 0. The first-order valence-corrected chi connectivity index (χ1v) is 5.01. The number of nitrogens with one attached hydrogen (secondary N) is 1. The zero-order chi connectivity index (χ0) is 9.26. The smallest absolute Gasteiger partial charge is 0.0788 e. The van der Waals surface area contributed by atoms with Gasteiger partial charge in [-0.1, -0.05) is 12.2 Å². The number of nitrogens with two attached hydrogens (primary N) is 1. The van der Waals surface area contributed by atoms with Gasteiger partial charge in [-0.3, -0.25) is 5.10 Å². The normalized spacial score (nSPS) is 15.4. The van der Waals surface area contributed by atoms with Crippen LogP contribution in [0.4, 0.5) is 0 Å². The lowest BCUT2D eigenvalue weighted by Crippen LogP contribution is -2.13. The number of nitrogens with zero attached hydrogens (tertiary/aromatic N) is 1. The summed E-state index contributed by atoms with van der Waals surface area (Å²) in [4.78, 5) is 0.528. The molecule has 2 rings (SSSR count). The Kier molecular flexibility index (Phi) is 2.31. The molecule has 0 atom stereocenters. The van der Waals surface area contributed by atoms with E-state index in [1.165, 1.54) is 24.1 Å². The van der Waals surface area contributed by atoms with E-state index in [-0.39, 0.29) is 0 Å². The highest BCUT2D eigenvalue weighted by molar-refractivity contribution is 7.80. The summed E-state index contributed by atoms with van der Waals surface area (Å²) >= 11 is 4.87. The maximum Gasteiger partial charge on any atom is 0.0788 e. The average molecular weight is 195 g/mol. The molecule has 13 heavy (non-hydrogen) atoms. The number of thiocarbonyl (C=S) groups is 1. The van der Waals surface area contributed by atoms with Gasteiger partial charge >= 0.3 is 0 Å². The van der Waals surface area contributed by atoms with Crippen LogP contribution in [0.15, 0.2) is 0 Å². The zero-order valence-corrected chi connectivity index (χ0v) is 8.28. The van der Waals surface area contributed by atoms with Crippen LogP contribution in [0.3, 0.4) is 0 Å². The fraction of sp³-hybridized carbons (Fsp3) is 0.556. The van der Waals surface area contributed by atoms with Gasteiger partial charge < -0.3 is 5.73 Å². The molecule has 3 nitrogen and oxygen atoms in total. The Morgan fingerprint density at radius 2 is 2.23 bits per heavy atom. The van der Waals surface area contributed by atoms with Gasteiger partial charge in [0.25, 0.3) is 0 Å². The number of H-pyrrole nitrogens is 1. The van der Waals surface area contributed by atoms with E-state index in [0.29, 0.717) is 11.4 Å². The molecule has 4 heteroatoms. The van der Waals surface area contributed by atoms with Crippen molar-refractivity contribution in [2.45, 2.75) is 32.1 Å². The van der Waals surface area contributed by atoms with Crippen molar-refractivity contribution in [3.05, 3.63) is 17.0 Å². The zero-order valence-electron chi connectivity index (χ0n) is 7.47. The standard InChI is InChI=1S/C9H13N3S/c10-9(13)5-8-6-3-1-2-4-7(6)11-12-8/h1-5H2,(H2,10,13)(H,11,12). The lowest BCUT2D eigenvalue weighted by atomic mass is 9.95. The maximum atomic E-state index is 5.49. The van der Waals surface area contributed by atoms with Crippen LogP contribution in [0.5, 0.6) is 0 Å². The van der Waals surface area contributed by atoms with Gasteiger partial charge in [0, 0.05) is 12.1 Å². The van der Waals surface area contributed by atoms with E-state index in [1.54, 1.807) is 0 Å². The first-order valence-electron chi connectivity index (χ1n) is 4.60. The van der Waals surface area contributed by atoms with Gasteiger partial charge in [-0.15, -0.1) is 0 Å². The summed E-state index contributed by atoms with van der Waals surface area (Å²) in [5.41, 5.74) is 9.20. The van der Waals surface area contributed by atoms with Gasteiger partial charge in [0.2, 0.25) is 0 Å². The minimum atomic E-state index is 0.528. The number of hydrogen-bond acceptors (Lipinski definition) is 2. The van der Waals surface area contributed by atoms with Gasteiger partial charge in [0.1, 0.15) is 0 Å². The first kappa shape index (κ1) is 8.69. The quantitative estimate of drug-likeness (QED) is 0.695. The molecule has 0 aliphatic heterocycles. The third-order valence-electron chi connectivity index (χ3n) is 2.48. The molecule has 0 bridgehead atoms.